The van der Waals surface area contributed by atoms with E-state index in [1.165, 1.54) is 72.3 Å². The normalized spacial score (nSPS) is 12.1. The van der Waals surface area contributed by atoms with Gasteiger partial charge in [-0.05, 0) is 180 Å². The Labute approximate surface area is 453 Å². The number of hydrogen-bond acceptors (Lipinski definition) is 2. The Hall–Kier alpha value is -9.76. The highest BCUT2D eigenvalue weighted by atomic mass is 15.1. The maximum absolute atomic E-state index is 2.41. The summed E-state index contributed by atoms with van der Waals surface area (Å²) in [6.45, 7) is 4.71. The summed E-state index contributed by atoms with van der Waals surface area (Å²) in [6.07, 6.45) is 0. The summed E-state index contributed by atoms with van der Waals surface area (Å²) < 4.78 is 0. The largest absolute Gasteiger partial charge is 0.311 e. The molecular weight excluding hydrogens is 929 g/mol. The molecule has 0 fully saturated rings. The van der Waals surface area contributed by atoms with Crippen molar-refractivity contribution in [3.05, 3.63) is 314 Å². The smallest absolute Gasteiger partial charge is 0.0465 e. The van der Waals surface area contributed by atoms with Crippen molar-refractivity contribution in [3.63, 3.8) is 0 Å². The lowest BCUT2D eigenvalue weighted by Gasteiger charge is -2.28. The van der Waals surface area contributed by atoms with Gasteiger partial charge in [0.2, 0.25) is 0 Å². The summed E-state index contributed by atoms with van der Waals surface area (Å²) in [6, 6.07) is 110. The quantitative estimate of drug-likeness (QED) is 0.120. The topological polar surface area (TPSA) is 6.48 Å². The van der Waals surface area contributed by atoms with E-state index in [9.17, 15) is 0 Å². The van der Waals surface area contributed by atoms with Crippen LogP contribution in [0.3, 0.4) is 0 Å². The van der Waals surface area contributed by atoms with Crippen LogP contribution < -0.4 is 9.80 Å². The first-order valence-corrected chi connectivity index (χ1v) is 26.6. The van der Waals surface area contributed by atoms with E-state index in [1.807, 2.05) is 0 Å². The maximum atomic E-state index is 2.41. The van der Waals surface area contributed by atoms with Crippen molar-refractivity contribution in [3.8, 4) is 77.9 Å². The lowest BCUT2D eigenvalue weighted by atomic mass is 9.82. The predicted molar refractivity (Wildman–Crippen MR) is 326 cm³/mol. The average molecular weight is 985 g/mol. The highest BCUT2D eigenvalue weighted by Crippen LogP contribution is 2.51. The molecule has 0 unspecified atom stereocenters. The zero-order chi connectivity index (χ0) is 51.7. The Morgan fingerprint density at radius 3 is 0.792 bits per heavy atom. The number of hydrogen-bond donors (Lipinski definition) is 0. The molecular formula is C75H56N2. The van der Waals surface area contributed by atoms with Crippen molar-refractivity contribution in [2.24, 2.45) is 0 Å². The SMILES string of the molecule is CC1(C)c2ccccc2-c2ccc(N(c3ccc(-c4ccccc4)cc3)c3ccc(-c4ccc(N(c5ccc(-c6ccccc6)cc5)c5ccc(-c6cc(-c7ccccc7)cc(-c7ccccc7)c6)cc5)cc4)cc3)cc21. The van der Waals surface area contributed by atoms with Gasteiger partial charge in [0.1, 0.15) is 0 Å². The lowest BCUT2D eigenvalue weighted by Crippen LogP contribution is -2.16. The molecule has 2 heteroatoms. The van der Waals surface area contributed by atoms with Crippen LogP contribution in [-0.4, -0.2) is 0 Å². The first-order valence-electron chi connectivity index (χ1n) is 26.6. The molecule has 2 nitrogen and oxygen atoms in total. The van der Waals surface area contributed by atoms with E-state index >= 15 is 0 Å². The predicted octanol–water partition coefficient (Wildman–Crippen LogP) is 20.9. The van der Waals surface area contributed by atoms with Crippen LogP contribution in [0.2, 0.25) is 0 Å². The van der Waals surface area contributed by atoms with Gasteiger partial charge in [-0.15, -0.1) is 0 Å². The average Bonchev–Trinajstić information content (AvgIpc) is 3.94. The molecule has 0 aliphatic heterocycles. The number of anilines is 6. The minimum absolute atomic E-state index is 0.117. The van der Waals surface area contributed by atoms with Crippen molar-refractivity contribution in [1.82, 2.24) is 0 Å². The Kier molecular flexibility index (Phi) is 12.3. The zero-order valence-electron chi connectivity index (χ0n) is 43.3. The van der Waals surface area contributed by atoms with Gasteiger partial charge in [0.05, 0.1) is 0 Å². The van der Waals surface area contributed by atoms with Gasteiger partial charge >= 0.3 is 0 Å². The van der Waals surface area contributed by atoms with Gasteiger partial charge in [0.25, 0.3) is 0 Å². The molecule has 13 rings (SSSR count). The van der Waals surface area contributed by atoms with E-state index < -0.39 is 0 Å². The van der Waals surface area contributed by atoms with E-state index in [0.29, 0.717) is 0 Å². The van der Waals surface area contributed by atoms with Gasteiger partial charge in [0.15, 0.2) is 0 Å². The van der Waals surface area contributed by atoms with Gasteiger partial charge in [-0.1, -0.05) is 226 Å². The first kappa shape index (κ1) is 47.0. The van der Waals surface area contributed by atoms with E-state index in [-0.39, 0.29) is 5.41 Å². The molecule has 0 N–H and O–H groups in total. The van der Waals surface area contributed by atoms with Crippen LogP contribution in [0.1, 0.15) is 25.0 Å². The number of fused-ring (bicyclic) bond motifs is 3. The number of benzene rings is 12. The second-order valence-electron chi connectivity index (χ2n) is 20.6. The van der Waals surface area contributed by atoms with E-state index in [1.54, 1.807) is 0 Å². The summed E-state index contributed by atoms with van der Waals surface area (Å²) >= 11 is 0. The summed E-state index contributed by atoms with van der Waals surface area (Å²) in [7, 11) is 0. The third kappa shape index (κ3) is 9.21. The van der Waals surface area contributed by atoms with Crippen LogP contribution in [0.25, 0.3) is 77.9 Å². The van der Waals surface area contributed by atoms with Gasteiger partial charge in [-0.2, -0.15) is 0 Å². The van der Waals surface area contributed by atoms with Gasteiger partial charge in [0, 0.05) is 39.5 Å². The van der Waals surface area contributed by atoms with Crippen LogP contribution in [0, 0.1) is 0 Å². The second kappa shape index (κ2) is 20.2. The molecule has 0 aromatic heterocycles. The molecule has 12 aromatic carbocycles. The van der Waals surface area contributed by atoms with Crippen molar-refractivity contribution in [1.29, 1.82) is 0 Å². The van der Waals surface area contributed by atoms with Crippen molar-refractivity contribution in [2.45, 2.75) is 19.3 Å². The third-order valence-electron chi connectivity index (χ3n) is 15.5. The fourth-order valence-corrected chi connectivity index (χ4v) is 11.4. The summed E-state index contributed by atoms with van der Waals surface area (Å²) in [5.74, 6) is 0. The molecule has 77 heavy (non-hydrogen) atoms. The van der Waals surface area contributed by atoms with Crippen LogP contribution in [0.4, 0.5) is 34.1 Å². The molecule has 0 saturated heterocycles. The molecule has 0 heterocycles. The van der Waals surface area contributed by atoms with Crippen LogP contribution >= 0.6 is 0 Å². The molecule has 366 valence electrons. The Bertz CT molecular complexity index is 3920. The molecule has 0 bridgehead atoms. The highest BCUT2D eigenvalue weighted by Gasteiger charge is 2.35. The summed E-state index contributed by atoms with van der Waals surface area (Å²) in [5.41, 5.74) is 26.1. The van der Waals surface area contributed by atoms with Gasteiger partial charge < -0.3 is 9.80 Å². The van der Waals surface area contributed by atoms with Crippen molar-refractivity contribution < 1.29 is 0 Å². The maximum Gasteiger partial charge on any atom is 0.0465 e. The fraction of sp³-hybridized carbons (Fsp3) is 0.0400. The van der Waals surface area contributed by atoms with E-state index in [4.69, 9.17) is 0 Å². The van der Waals surface area contributed by atoms with E-state index in [0.717, 1.165) is 50.8 Å². The first-order chi connectivity index (χ1) is 37.9. The molecule has 0 saturated carbocycles. The molecule has 0 amide bonds. The fourth-order valence-electron chi connectivity index (χ4n) is 11.4. The molecule has 0 atom stereocenters. The molecule has 0 spiro atoms. The lowest BCUT2D eigenvalue weighted by molar-refractivity contribution is 0.660. The Morgan fingerprint density at radius 1 is 0.195 bits per heavy atom. The molecule has 1 aliphatic rings. The monoisotopic (exact) mass is 984 g/mol. The number of nitrogens with zero attached hydrogens (tertiary/aromatic N) is 2. The zero-order valence-corrected chi connectivity index (χ0v) is 43.3. The minimum Gasteiger partial charge on any atom is -0.311 e. The van der Waals surface area contributed by atoms with Crippen LogP contribution in [0.15, 0.2) is 303 Å². The molecule has 1 aliphatic carbocycles. The second-order valence-corrected chi connectivity index (χ2v) is 20.6. The Balaban J connectivity index is 0.838. The summed E-state index contributed by atoms with van der Waals surface area (Å²) in [5, 5.41) is 0. The van der Waals surface area contributed by atoms with Gasteiger partial charge in [-0.25, -0.2) is 0 Å². The van der Waals surface area contributed by atoms with Crippen molar-refractivity contribution >= 4 is 34.1 Å². The van der Waals surface area contributed by atoms with Crippen LogP contribution in [0.5, 0.6) is 0 Å². The minimum atomic E-state index is -0.117. The van der Waals surface area contributed by atoms with E-state index in [2.05, 4.69) is 327 Å². The molecule has 0 radical (unpaired) electrons. The molecule has 12 aromatic rings. The third-order valence-corrected chi connectivity index (χ3v) is 15.5. The van der Waals surface area contributed by atoms with Crippen LogP contribution in [-0.2, 0) is 5.41 Å². The highest BCUT2D eigenvalue weighted by molar-refractivity contribution is 5.88. The number of rotatable bonds is 12. The summed E-state index contributed by atoms with van der Waals surface area (Å²) in [4.78, 5) is 4.76. The Morgan fingerprint density at radius 2 is 0.442 bits per heavy atom. The standard InChI is InChI=1S/C75H56N2/c1-75(2)73-26-16-15-25-71(73)72-48-47-70(52-74(72)75)77(68-41-29-58(30-42-68)54-19-9-4-10-20-54)69-43-33-60(34-44-69)59-31-39-66(40-32-59)76(65-37-27-57(28-38-65)53-17-7-3-8-18-53)67-45-35-61(36-46-67)64-50-62(55-21-11-5-12-22-55)49-63(51-64)56-23-13-6-14-24-56/h3-52H,1-2H3. The van der Waals surface area contributed by atoms with Crippen molar-refractivity contribution in [2.75, 3.05) is 9.80 Å². The van der Waals surface area contributed by atoms with Gasteiger partial charge in [-0.3, -0.25) is 0 Å².